The number of alkyl halides is 3. The molecule has 0 bridgehead atoms. The molecule has 0 radical (unpaired) electrons. The molecule has 0 unspecified atom stereocenters. The first kappa shape index (κ1) is 15.7. The molecule has 0 aliphatic carbocycles. The first-order valence-electron chi connectivity index (χ1n) is 7.08. The number of hydrogen-bond acceptors (Lipinski definition) is 4. The van der Waals surface area contributed by atoms with Gasteiger partial charge < -0.3 is 0 Å². The largest absolute Gasteiger partial charge is 0.417 e. The van der Waals surface area contributed by atoms with E-state index in [1.807, 2.05) is 0 Å². The molecule has 4 nitrogen and oxygen atoms in total. The monoisotopic (exact) mass is 364 g/mol. The highest BCUT2D eigenvalue weighted by Gasteiger charge is 2.34. The van der Waals surface area contributed by atoms with Crippen LogP contribution in [0.5, 0.6) is 0 Å². The minimum absolute atomic E-state index is 0.0318. The molecule has 0 aliphatic heterocycles. The van der Waals surface area contributed by atoms with Gasteiger partial charge in [-0.25, -0.2) is 4.39 Å². The Hall–Kier alpha value is -2.81. The van der Waals surface area contributed by atoms with Crippen molar-refractivity contribution in [2.75, 3.05) is 0 Å². The molecule has 126 valence electrons. The van der Waals surface area contributed by atoms with Gasteiger partial charge in [0, 0.05) is 11.1 Å². The quantitative estimate of drug-likeness (QED) is 0.485. The van der Waals surface area contributed by atoms with Gasteiger partial charge in [0.1, 0.15) is 10.8 Å². The van der Waals surface area contributed by atoms with E-state index in [4.69, 9.17) is 0 Å². The molecule has 0 N–H and O–H groups in total. The summed E-state index contributed by atoms with van der Waals surface area (Å²) in [4.78, 5) is 0.325. The van der Waals surface area contributed by atoms with Crippen LogP contribution in [0.2, 0.25) is 0 Å². The third-order valence-electron chi connectivity index (χ3n) is 3.54. The number of aromatic nitrogens is 4. The molecule has 2 aromatic heterocycles. The minimum atomic E-state index is -4.49. The van der Waals surface area contributed by atoms with E-state index in [2.05, 4.69) is 15.3 Å². The summed E-state index contributed by atoms with van der Waals surface area (Å²) in [5.41, 5.74) is -0.364. The lowest BCUT2D eigenvalue weighted by atomic mass is 10.1. The predicted molar refractivity (Wildman–Crippen MR) is 84.5 cm³/mol. The molecule has 9 heteroatoms. The van der Waals surface area contributed by atoms with E-state index in [1.54, 1.807) is 6.07 Å². The Kier molecular flexibility index (Phi) is 3.53. The second-order valence-electron chi connectivity index (χ2n) is 5.18. The molecule has 4 rings (SSSR count). The standard InChI is InChI=1S/C16H8F4N4S/c17-10-5-3-4-9(8-10)13-21-22-15-24(13)23-14(25-15)11-6-1-2-7-12(11)16(18,19)20/h1-8H. The Morgan fingerprint density at radius 2 is 1.76 bits per heavy atom. The smallest absolute Gasteiger partial charge is 0.207 e. The molecule has 0 amide bonds. The van der Waals surface area contributed by atoms with Crippen LogP contribution in [0, 0.1) is 5.82 Å². The third-order valence-corrected chi connectivity index (χ3v) is 4.47. The number of benzene rings is 2. The van der Waals surface area contributed by atoms with Crippen molar-refractivity contribution in [3.8, 4) is 22.0 Å². The van der Waals surface area contributed by atoms with Crippen molar-refractivity contribution in [2.45, 2.75) is 6.18 Å². The first-order chi connectivity index (χ1) is 11.9. The summed E-state index contributed by atoms with van der Waals surface area (Å²) in [5.74, 6) is -0.186. The highest BCUT2D eigenvalue weighted by atomic mass is 32.1. The number of fused-ring (bicyclic) bond motifs is 1. The third kappa shape index (κ3) is 2.76. The van der Waals surface area contributed by atoms with Gasteiger partial charge in [-0.2, -0.15) is 22.8 Å². The van der Waals surface area contributed by atoms with Gasteiger partial charge in [-0.1, -0.05) is 41.7 Å². The number of nitrogens with zero attached hydrogens (tertiary/aromatic N) is 4. The zero-order valence-corrected chi connectivity index (χ0v) is 13.1. The predicted octanol–water partition coefficient (Wildman–Crippen LogP) is 4.68. The zero-order chi connectivity index (χ0) is 17.6. The minimum Gasteiger partial charge on any atom is -0.207 e. The van der Waals surface area contributed by atoms with Gasteiger partial charge in [0.15, 0.2) is 5.82 Å². The van der Waals surface area contributed by atoms with Crippen LogP contribution in [0.25, 0.3) is 26.9 Å². The SMILES string of the molecule is Fc1cccc(-c2nnc3sc(-c4ccccc4C(F)(F)F)nn23)c1. The molecule has 25 heavy (non-hydrogen) atoms. The van der Waals surface area contributed by atoms with E-state index in [0.29, 0.717) is 10.5 Å². The summed E-state index contributed by atoms with van der Waals surface area (Å²) in [7, 11) is 0. The van der Waals surface area contributed by atoms with Crippen LogP contribution in [-0.2, 0) is 6.18 Å². The molecule has 2 aromatic carbocycles. The maximum absolute atomic E-state index is 13.4. The average molecular weight is 364 g/mol. The van der Waals surface area contributed by atoms with Gasteiger partial charge in [0.2, 0.25) is 4.96 Å². The Labute approximate surface area is 142 Å². The normalized spacial score (nSPS) is 12.0. The fourth-order valence-corrected chi connectivity index (χ4v) is 3.33. The van der Waals surface area contributed by atoms with Crippen LogP contribution >= 0.6 is 11.3 Å². The maximum Gasteiger partial charge on any atom is 0.417 e. The summed E-state index contributed by atoms with van der Waals surface area (Å²) in [5, 5.41) is 12.2. The van der Waals surface area contributed by atoms with Crippen LogP contribution in [0.3, 0.4) is 0 Å². The van der Waals surface area contributed by atoms with Crippen molar-refractivity contribution < 1.29 is 17.6 Å². The van der Waals surface area contributed by atoms with Crippen LogP contribution in [-0.4, -0.2) is 19.8 Å². The van der Waals surface area contributed by atoms with Crippen LogP contribution in [0.1, 0.15) is 5.56 Å². The average Bonchev–Trinajstić information content (AvgIpc) is 3.14. The Morgan fingerprint density at radius 1 is 0.960 bits per heavy atom. The van der Waals surface area contributed by atoms with E-state index < -0.39 is 17.6 Å². The molecule has 0 saturated heterocycles. The summed E-state index contributed by atoms with van der Waals surface area (Å²) in [6, 6.07) is 10.9. The fourth-order valence-electron chi connectivity index (χ4n) is 2.45. The van der Waals surface area contributed by atoms with Crippen LogP contribution < -0.4 is 0 Å². The topological polar surface area (TPSA) is 43.1 Å². The molecule has 0 saturated carbocycles. The van der Waals surface area contributed by atoms with Gasteiger partial charge in [0.25, 0.3) is 0 Å². The number of hydrogen-bond donors (Lipinski definition) is 0. The van der Waals surface area contributed by atoms with E-state index >= 15 is 0 Å². The van der Waals surface area contributed by atoms with Gasteiger partial charge in [-0.05, 0) is 18.2 Å². The lowest BCUT2D eigenvalue weighted by Crippen LogP contribution is -2.06. The van der Waals surface area contributed by atoms with Gasteiger partial charge in [-0.15, -0.1) is 10.2 Å². The lowest BCUT2D eigenvalue weighted by molar-refractivity contribution is -0.137. The highest BCUT2D eigenvalue weighted by Crippen LogP contribution is 2.38. The van der Waals surface area contributed by atoms with E-state index in [0.717, 1.165) is 17.4 Å². The highest BCUT2D eigenvalue weighted by molar-refractivity contribution is 7.19. The first-order valence-corrected chi connectivity index (χ1v) is 7.90. The lowest BCUT2D eigenvalue weighted by Gasteiger charge is -2.10. The second-order valence-corrected chi connectivity index (χ2v) is 6.13. The van der Waals surface area contributed by atoms with Crippen molar-refractivity contribution in [1.82, 2.24) is 19.8 Å². The van der Waals surface area contributed by atoms with E-state index in [9.17, 15) is 17.6 Å². The number of rotatable bonds is 2. The Morgan fingerprint density at radius 3 is 2.52 bits per heavy atom. The van der Waals surface area contributed by atoms with Gasteiger partial charge >= 0.3 is 6.18 Å². The summed E-state index contributed by atoms with van der Waals surface area (Å²) in [6.07, 6.45) is -4.49. The van der Waals surface area contributed by atoms with Gasteiger partial charge in [-0.3, -0.25) is 0 Å². The van der Waals surface area contributed by atoms with Crippen molar-refractivity contribution in [3.05, 3.63) is 59.9 Å². The molecule has 0 atom stereocenters. The zero-order valence-electron chi connectivity index (χ0n) is 12.3. The van der Waals surface area contributed by atoms with Crippen molar-refractivity contribution >= 4 is 16.3 Å². The molecule has 0 spiro atoms. The summed E-state index contributed by atoms with van der Waals surface area (Å²) < 4.78 is 54.3. The van der Waals surface area contributed by atoms with E-state index in [-0.39, 0.29) is 16.4 Å². The molecule has 2 heterocycles. The Bertz CT molecular complexity index is 1070. The van der Waals surface area contributed by atoms with Crippen molar-refractivity contribution in [1.29, 1.82) is 0 Å². The summed E-state index contributed by atoms with van der Waals surface area (Å²) in [6.45, 7) is 0. The van der Waals surface area contributed by atoms with Gasteiger partial charge in [0.05, 0.1) is 5.56 Å². The summed E-state index contributed by atoms with van der Waals surface area (Å²) >= 11 is 0.985. The fraction of sp³-hybridized carbons (Fsp3) is 0.0625. The van der Waals surface area contributed by atoms with Crippen molar-refractivity contribution in [3.63, 3.8) is 0 Å². The molecule has 0 fully saturated rings. The molecular formula is C16H8F4N4S. The van der Waals surface area contributed by atoms with Crippen molar-refractivity contribution in [2.24, 2.45) is 0 Å². The second kappa shape index (κ2) is 5.62. The molecular weight excluding hydrogens is 356 g/mol. The van der Waals surface area contributed by atoms with Crippen LogP contribution in [0.4, 0.5) is 17.6 Å². The molecule has 4 aromatic rings. The maximum atomic E-state index is 13.4. The van der Waals surface area contributed by atoms with E-state index in [1.165, 1.54) is 40.9 Å². The Balaban J connectivity index is 1.87. The molecule has 0 aliphatic rings. The number of halogens is 4. The van der Waals surface area contributed by atoms with Crippen LogP contribution in [0.15, 0.2) is 48.5 Å².